The topological polar surface area (TPSA) is 169 Å². The van der Waals surface area contributed by atoms with E-state index in [4.69, 9.17) is 44.1 Å². The van der Waals surface area contributed by atoms with Crippen molar-refractivity contribution in [2.75, 3.05) is 0 Å². The number of primary sulfonamides is 1. The van der Waals surface area contributed by atoms with E-state index in [9.17, 15) is 70.3 Å². The summed E-state index contributed by atoms with van der Waals surface area (Å²) in [6.45, 7) is 0. The van der Waals surface area contributed by atoms with Crippen LogP contribution in [0.3, 0.4) is 0 Å². The molecule has 4 N–H and O–H groups in total. The highest BCUT2D eigenvalue weighted by Crippen LogP contribution is 2.48. The van der Waals surface area contributed by atoms with Gasteiger partial charge in [-0.1, -0.05) is 23.2 Å². The molecule has 2 aromatic carbocycles. The lowest BCUT2D eigenvalue weighted by atomic mass is 10.0. The second-order valence-electron chi connectivity index (χ2n) is 7.39. The molecule has 236 valence electrons. The van der Waals surface area contributed by atoms with Crippen LogP contribution in [-0.4, -0.2) is 51.3 Å². The van der Waals surface area contributed by atoms with Crippen LogP contribution >= 0.6 is 33.9 Å². The van der Waals surface area contributed by atoms with Gasteiger partial charge in [-0.05, 0) is 24.3 Å². The van der Waals surface area contributed by atoms with Crippen molar-refractivity contribution in [1.82, 2.24) is 0 Å². The van der Waals surface area contributed by atoms with Crippen LogP contribution in [0, 0.1) is 0 Å². The molecule has 9 nitrogen and oxygen atoms in total. The quantitative estimate of drug-likeness (QED) is 0.242. The molecule has 0 heterocycles. The fraction of sp³-hybridized carbons (Fsp3) is 0.222. The van der Waals surface area contributed by atoms with E-state index in [-0.39, 0.29) is 24.3 Å². The van der Waals surface area contributed by atoms with Crippen molar-refractivity contribution < 1.29 is 80.5 Å². The number of carboxylic acid groups (broad SMARTS) is 2. The zero-order valence-corrected chi connectivity index (χ0v) is 22.9. The molecule has 2 aromatic rings. The molecule has 0 fully saturated rings. The first-order valence-corrected chi connectivity index (χ1v) is 14.0. The van der Waals surface area contributed by atoms with Gasteiger partial charge >= 0.3 is 36.1 Å². The van der Waals surface area contributed by atoms with E-state index in [0.717, 1.165) is 0 Å². The smallest absolute Gasteiger partial charge is 0.458 e. The lowest BCUT2D eigenvalue weighted by Crippen LogP contribution is -2.35. The Labute approximate surface area is 240 Å². The minimum absolute atomic E-state index is 0.0436. The van der Waals surface area contributed by atoms with Gasteiger partial charge in [-0.3, -0.25) is 0 Å². The lowest BCUT2D eigenvalue weighted by molar-refractivity contribution is -0.289. The number of carbonyl (C=O) groups is 2. The van der Waals surface area contributed by atoms with E-state index in [1.165, 1.54) is 0 Å². The minimum atomic E-state index is -6.10. The molecular formula is C18H8Cl3F10NO8S2. The van der Waals surface area contributed by atoms with Crippen molar-refractivity contribution in [3.8, 4) is 0 Å². The second kappa shape index (κ2) is 11.8. The predicted molar refractivity (Wildman–Crippen MR) is 121 cm³/mol. The summed E-state index contributed by atoms with van der Waals surface area (Å²) in [5, 5.41) is 19.9. The number of alkyl halides is 10. The fourth-order valence-corrected chi connectivity index (χ4v) is 5.31. The number of benzene rings is 2. The lowest BCUT2D eigenvalue weighted by Gasteiger charge is -2.22. The Bertz CT molecular complexity index is 1520. The molecule has 0 saturated carbocycles. The van der Waals surface area contributed by atoms with E-state index in [0.29, 0.717) is 0 Å². The number of nitrogens with two attached hydrogens (primary N) is 1. The van der Waals surface area contributed by atoms with Crippen LogP contribution in [0.1, 0.15) is 31.8 Å². The summed E-state index contributed by atoms with van der Waals surface area (Å²) < 4.78 is 171. The van der Waals surface area contributed by atoms with E-state index in [1.54, 1.807) is 0 Å². The van der Waals surface area contributed by atoms with Crippen LogP contribution in [0.15, 0.2) is 34.1 Å². The number of aromatic carboxylic acids is 2. The standard InChI is InChI=1S/C9H3Cl2F5O4S.C9H5ClF5NO4S/c10-5-2-4(8(12,13)9(14,15)16)3(7(17)18)1-6(5)21(11,19)20;10-5-2-4(8(11,12)9(13,14)15)3(7(17)18)1-6(5)21(16,19)20/h1-2H,(H,17,18);1-2H,(H,17,18)(H2,16,19,20). The van der Waals surface area contributed by atoms with E-state index < -0.39 is 97.3 Å². The van der Waals surface area contributed by atoms with Crippen molar-refractivity contribution in [3.05, 3.63) is 56.6 Å². The maximum atomic E-state index is 13.3. The molecule has 0 saturated heterocycles. The Kier molecular flexibility index (Phi) is 10.5. The van der Waals surface area contributed by atoms with Gasteiger partial charge in [-0.25, -0.2) is 31.6 Å². The van der Waals surface area contributed by atoms with Crippen LogP contribution in [0.25, 0.3) is 0 Å². The Balaban J connectivity index is 0.000000420. The molecule has 0 aromatic heterocycles. The van der Waals surface area contributed by atoms with Crippen molar-refractivity contribution in [2.45, 2.75) is 34.0 Å². The number of carboxylic acids is 2. The number of hydrogen-bond donors (Lipinski definition) is 3. The molecule has 0 aliphatic heterocycles. The molecule has 0 radical (unpaired) electrons. The Hall–Kier alpha value is -2.59. The Morgan fingerprint density at radius 3 is 1.17 bits per heavy atom. The maximum absolute atomic E-state index is 13.3. The number of sulfonamides is 1. The van der Waals surface area contributed by atoms with E-state index in [2.05, 4.69) is 5.14 Å². The first-order valence-electron chi connectivity index (χ1n) is 9.40. The van der Waals surface area contributed by atoms with Crippen LogP contribution < -0.4 is 5.14 Å². The third-order valence-corrected chi connectivity index (χ3v) is 7.72. The van der Waals surface area contributed by atoms with Crippen molar-refractivity contribution in [2.24, 2.45) is 5.14 Å². The molecule has 0 unspecified atom stereocenters. The highest BCUT2D eigenvalue weighted by Gasteiger charge is 2.61. The molecule has 0 amide bonds. The van der Waals surface area contributed by atoms with Crippen LogP contribution in [0.5, 0.6) is 0 Å². The third-order valence-electron chi connectivity index (χ3n) is 4.56. The van der Waals surface area contributed by atoms with Crippen molar-refractivity contribution in [1.29, 1.82) is 0 Å². The van der Waals surface area contributed by atoms with Crippen molar-refractivity contribution in [3.63, 3.8) is 0 Å². The molecule has 0 spiro atoms. The van der Waals surface area contributed by atoms with Gasteiger partial charge in [0, 0.05) is 21.8 Å². The molecule has 0 aliphatic rings. The van der Waals surface area contributed by atoms with Crippen LogP contribution in [-0.2, 0) is 30.9 Å². The van der Waals surface area contributed by atoms with Gasteiger partial charge in [-0.15, -0.1) is 0 Å². The zero-order valence-electron chi connectivity index (χ0n) is 19.0. The highest BCUT2D eigenvalue weighted by atomic mass is 35.7. The van der Waals surface area contributed by atoms with E-state index >= 15 is 0 Å². The molecule has 2 rings (SSSR count). The molecule has 0 aliphatic carbocycles. The highest BCUT2D eigenvalue weighted by molar-refractivity contribution is 8.13. The Morgan fingerprint density at radius 2 is 0.929 bits per heavy atom. The third kappa shape index (κ3) is 7.86. The van der Waals surface area contributed by atoms with Gasteiger partial charge in [0.15, 0.2) is 0 Å². The summed E-state index contributed by atoms with van der Waals surface area (Å²) in [5.41, 5.74) is -7.14. The minimum Gasteiger partial charge on any atom is -0.478 e. The fourth-order valence-electron chi connectivity index (χ4n) is 2.69. The number of hydrogen-bond acceptors (Lipinski definition) is 6. The average Bonchev–Trinajstić information content (AvgIpc) is 2.75. The normalized spacial score (nSPS) is 13.3. The zero-order chi connectivity index (χ0) is 33.6. The predicted octanol–water partition coefficient (Wildman–Crippen LogP) is 5.96. The summed E-state index contributed by atoms with van der Waals surface area (Å²) in [6, 6.07) is -0.0804. The van der Waals surface area contributed by atoms with Gasteiger partial charge in [0.25, 0.3) is 9.05 Å². The second-order valence-corrected chi connectivity index (χ2v) is 12.3. The van der Waals surface area contributed by atoms with E-state index in [1.807, 2.05) is 0 Å². The SMILES string of the molecule is NS(=O)(=O)c1cc(C(=O)O)c(C(F)(F)C(F)(F)F)cc1Cl.O=C(O)c1cc(S(=O)(=O)Cl)c(Cl)cc1C(F)(F)C(F)(F)F. The first kappa shape index (κ1) is 37.4. The monoisotopic (exact) mass is 725 g/mol. The van der Waals surface area contributed by atoms with Gasteiger partial charge < -0.3 is 10.2 Å². The number of rotatable bonds is 6. The molecule has 24 heteroatoms. The van der Waals surface area contributed by atoms with Crippen LogP contribution in [0.4, 0.5) is 43.9 Å². The van der Waals surface area contributed by atoms with Gasteiger partial charge in [0.1, 0.15) is 9.79 Å². The molecule has 0 atom stereocenters. The summed E-state index contributed by atoms with van der Waals surface area (Å²) in [6.07, 6.45) is -12.2. The summed E-state index contributed by atoms with van der Waals surface area (Å²) in [7, 11) is -4.36. The van der Waals surface area contributed by atoms with Gasteiger partial charge in [0.2, 0.25) is 10.0 Å². The largest absolute Gasteiger partial charge is 0.478 e. The van der Waals surface area contributed by atoms with Crippen LogP contribution in [0.2, 0.25) is 10.0 Å². The molecule has 42 heavy (non-hydrogen) atoms. The molecular weight excluding hydrogens is 719 g/mol. The van der Waals surface area contributed by atoms with Gasteiger partial charge in [-0.2, -0.15) is 43.9 Å². The summed E-state index contributed by atoms with van der Waals surface area (Å²) in [5.74, 6) is -15.5. The maximum Gasteiger partial charge on any atom is 0.458 e. The summed E-state index contributed by atoms with van der Waals surface area (Å²) >= 11 is 10.6. The molecule has 0 bridgehead atoms. The average molecular weight is 727 g/mol. The first-order chi connectivity index (χ1) is 18.4. The summed E-state index contributed by atoms with van der Waals surface area (Å²) in [4.78, 5) is 19.4. The number of halogens is 13. The van der Waals surface area contributed by atoms with Crippen molar-refractivity contribution >= 4 is 64.9 Å². The van der Waals surface area contributed by atoms with Gasteiger partial charge in [0.05, 0.1) is 21.2 Å². The Morgan fingerprint density at radius 1 is 0.643 bits per heavy atom.